The van der Waals surface area contributed by atoms with E-state index in [1.54, 1.807) is 7.11 Å². The van der Waals surface area contributed by atoms with Gasteiger partial charge >= 0.3 is 0 Å². The number of hydrogen-bond donors (Lipinski definition) is 0. The highest BCUT2D eigenvalue weighted by Gasteiger charge is 2.32. The molecule has 5 rings (SSSR count). The zero-order chi connectivity index (χ0) is 22.1. The van der Waals surface area contributed by atoms with Crippen LogP contribution in [0.1, 0.15) is 22.8 Å². The van der Waals surface area contributed by atoms with E-state index in [1.807, 2.05) is 77.7 Å². The lowest BCUT2D eigenvalue weighted by Gasteiger charge is -2.41. The largest absolute Gasteiger partial charge is 0.497 e. The van der Waals surface area contributed by atoms with Crippen molar-refractivity contribution in [3.05, 3.63) is 83.9 Å². The number of fused-ring (bicyclic) bond motifs is 2. The van der Waals surface area contributed by atoms with E-state index >= 15 is 0 Å². The first kappa shape index (κ1) is 20.1. The average molecular weight is 428 g/mol. The van der Waals surface area contributed by atoms with Crippen LogP contribution in [0.15, 0.2) is 77.8 Å². The molecule has 162 valence electrons. The number of carbonyl (C=O) groups is 1. The summed E-state index contributed by atoms with van der Waals surface area (Å²) in [5.41, 5.74) is 2.42. The number of benzene rings is 3. The van der Waals surface area contributed by atoms with E-state index in [1.165, 1.54) is 0 Å². The summed E-state index contributed by atoms with van der Waals surface area (Å²) in [6.45, 7) is 4.09. The minimum absolute atomic E-state index is 0.0419. The molecule has 6 heteroatoms. The van der Waals surface area contributed by atoms with E-state index in [4.69, 9.17) is 14.5 Å². The molecular weight excluding hydrogens is 402 g/mol. The fourth-order valence-corrected chi connectivity index (χ4v) is 4.27. The van der Waals surface area contributed by atoms with E-state index in [0.717, 1.165) is 28.4 Å². The molecule has 0 radical (unpaired) electrons. The molecule has 0 N–H and O–H groups in total. The summed E-state index contributed by atoms with van der Waals surface area (Å²) in [5, 5.41) is 0. The molecule has 0 spiro atoms. The molecule has 3 aromatic carbocycles. The predicted molar refractivity (Wildman–Crippen MR) is 124 cm³/mol. The maximum absolute atomic E-state index is 13.0. The second kappa shape index (κ2) is 8.38. The van der Waals surface area contributed by atoms with E-state index in [9.17, 15) is 4.79 Å². The lowest BCUT2D eigenvalue weighted by Crippen LogP contribution is -2.55. The third-order valence-corrected chi connectivity index (χ3v) is 5.95. The van der Waals surface area contributed by atoms with Crippen LogP contribution >= 0.6 is 0 Å². The molecule has 2 aliphatic heterocycles. The van der Waals surface area contributed by atoms with Gasteiger partial charge in [-0.25, -0.2) is 4.99 Å². The molecule has 1 fully saturated rings. The second-order valence-electron chi connectivity index (χ2n) is 8.03. The summed E-state index contributed by atoms with van der Waals surface area (Å²) in [7, 11) is 1.64. The Morgan fingerprint density at radius 2 is 1.78 bits per heavy atom. The Bertz CT molecular complexity index is 1180. The molecule has 1 unspecified atom stereocenters. The number of aliphatic imine (C=N–C) groups is 1. The number of para-hydroxylation sites is 2. The normalized spacial score (nSPS) is 17.4. The maximum Gasteiger partial charge on any atom is 0.254 e. The van der Waals surface area contributed by atoms with Gasteiger partial charge in [0, 0.05) is 37.3 Å². The first-order valence-electron chi connectivity index (χ1n) is 10.8. The van der Waals surface area contributed by atoms with Crippen molar-refractivity contribution in [2.75, 3.05) is 26.7 Å². The monoisotopic (exact) mass is 427 g/mol. The maximum atomic E-state index is 13.0. The van der Waals surface area contributed by atoms with Gasteiger partial charge in [-0.3, -0.25) is 4.79 Å². The van der Waals surface area contributed by atoms with Crippen LogP contribution in [0.5, 0.6) is 17.2 Å². The van der Waals surface area contributed by atoms with Crippen LogP contribution < -0.4 is 9.47 Å². The van der Waals surface area contributed by atoms with Gasteiger partial charge in [-0.2, -0.15) is 0 Å². The highest BCUT2D eigenvalue weighted by molar-refractivity contribution is 6.04. The minimum atomic E-state index is 0.0419. The first-order valence-corrected chi connectivity index (χ1v) is 10.8. The molecule has 1 atom stereocenters. The molecule has 6 nitrogen and oxygen atoms in total. The molecule has 2 aliphatic rings. The van der Waals surface area contributed by atoms with Crippen molar-refractivity contribution in [3.8, 4) is 17.2 Å². The zero-order valence-electron chi connectivity index (χ0n) is 18.2. The highest BCUT2D eigenvalue weighted by atomic mass is 16.5. The van der Waals surface area contributed by atoms with Crippen molar-refractivity contribution in [2.24, 2.45) is 4.99 Å². The van der Waals surface area contributed by atoms with E-state index in [0.29, 0.717) is 31.1 Å². The van der Waals surface area contributed by atoms with Crippen LogP contribution in [-0.4, -0.2) is 54.3 Å². The van der Waals surface area contributed by atoms with Crippen LogP contribution in [-0.2, 0) is 0 Å². The number of piperazine rings is 1. The van der Waals surface area contributed by atoms with Crippen LogP contribution in [0.3, 0.4) is 0 Å². The van der Waals surface area contributed by atoms with Crippen LogP contribution in [0, 0.1) is 0 Å². The average Bonchev–Trinajstić information content (AvgIpc) is 3.00. The van der Waals surface area contributed by atoms with Gasteiger partial charge in [-0.1, -0.05) is 30.3 Å². The Kier molecular flexibility index (Phi) is 5.27. The van der Waals surface area contributed by atoms with E-state index < -0.39 is 0 Å². The molecule has 1 amide bonds. The molecule has 0 saturated carbocycles. The number of nitrogens with zero attached hydrogens (tertiary/aromatic N) is 3. The SMILES string of the molecule is COc1ccc2c(c1)Oc1ccccc1N=C2N1CCN(C(=O)c2ccccc2)C(C)C1. The van der Waals surface area contributed by atoms with Crippen LogP contribution in [0.2, 0.25) is 0 Å². The van der Waals surface area contributed by atoms with Crippen LogP contribution in [0.25, 0.3) is 0 Å². The van der Waals surface area contributed by atoms with Crippen LogP contribution in [0.4, 0.5) is 5.69 Å². The second-order valence-corrected chi connectivity index (χ2v) is 8.03. The third kappa shape index (κ3) is 3.68. The summed E-state index contributed by atoms with van der Waals surface area (Å²) >= 11 is 0. The van der Waals surface area contributed by atoms with Crippen molar-refractivity contribution in [1.29, 1.82) is 0 Å². The minimum Gasteiger partial charge on any atom is -0.497 e. The zero-order valence-corrected chi connectivity index (χ0v) is 18.2. The van der Waals surface area contributed by atoms with Crippen molar-refractivity contribution >= 4 is 17.4 Å². The molecule has 0 aromatic heterocycles. The van der Waals surface area contributed by atoms with Gasteiger partial charge in [0.25, 0.3) is 5.91 Å². The summed E-state index contributed by atoms with van der Waals surface area (Å²) in [6.07, 6.45) is 0. The fourth-order valence-electron chi connectivity index (χ4n) is 4.27. The highest BCUT2D eigenvalue weighted by Crippen LogP contribution is 2.39. The van der Waals surface area contributed by atoms with Gasteiger partial charge in [0.2, 0.25) is 0 Å². The van der Waals surface area contributed by atoms with Crippen molar-refractivity contribution < 1.29 is 14.3 Å². The third-order valence-electron chi connectivity index (χ3n) is 5.95. The standard InChI is InChI=1S/C26H25N3O3/c1-18-17-28(14-15-29(18)26(30)19-8-4-3-5-9-19)25-21-13-12-20(31-2)16-24(21)32-23-11-7-6-10-22(23)27-25/h3-13,16,18H,14-15,17H2,1-2H3. The smallest absolute Gasteiger partial charge is 0.254 e. The number of methoxy groups -OCH3 is 1. The Balaban J connectivity index is 1.47. The topological polar surface area (TPSA) is 54.4 Å². The summed E-state index contributed by atoms with van der Waals surface area (Å²) < 4.78 is 11.6. The van der Waals surface area contributed by atoms with Gasteiger partial charge < -0.3 is 19.3 Å². The van der Waals surface area contributed by atoms with Crippen molar-refractivity contribution in [1.82, 2.24) is 9.80 Å². The Hall–Kier alpha value is -3.80. The van der Waals surface area contributed by atoms with E-state index in [2.05, 4.69) is 11.8 Å². The van der Waals surface area contributed by atoms with Gasteiger partial charge in [0.05, 0.1) is 12.7 Å². The number of ether oxygens (including phenoxy) is 2. The molecular formula is C26H25N3O3. The molecule has 0 aliphatic carbocycles. The fraction of sp³-hybridized carbons (Fsp3) is 0.231. The Morgan fingerprint density at radius 3 is 2.56 bits per heavy atom. The Labute approximate surface area is 187 Å². The number of hydrogen-bond acceptors (Lipinski definition) is 5. The molecule has 0 bridgehead atoms. The lowest BCUT2D eigenvalue weighted by molar-refractivity contribution is 0.0581. The summed E-state index contributed by atoms with van der Waals surface area (Å²) in [5.74, 6) is 3.08. The van der Waals surface area contributed by atoms with Gasteiger partial charge in [-0.05, 0) is 43.3 Å². The summed E-state index contributed by atoms with van der Waals surface area (Å²) in [4.78, 5) is 22.2. The number of rotatable bonds is 2. The van der Waals surface area contributed by atoms with Crippen molar-refractivity contribution in [2.45, 2.75) is 13.0 Å². The molecule has 1 saturated heterocycles. The molecule has 2 heterocycles. The molecule has 3 aromatic rings. The summed E-state index contributed by atoms with van der Waals surface area (Å²) in [6, 6.07) is 23.1. The Morgan fingerprint density at radius 1 is 1.00 bits per heavy atom. The number of amides is 1. The predicted octanol–water partition coefficient (Wildman–Crippen LogP) is 4.73. The van der Waals surface area contributed by atoms with E-state index in [-0.39, 0.29) is 11.9 Å². The van der Waals surface area contributed by atoms with Gasteiger partial charge in [0.15, 0.2) is 5.75 Å². The number of amidine groups is 1. The first-order chi connectivity index (χ1) is 15.6. The van der Waals surface area contributed by atoms with Crippen molar-refractivity contribution in [3.63, 3.8) is 0 Å². The lowest BCUT2D eigenvalue weighted by atomic mass is 10.1. The number of carbonyl (C=O) groups excluding carboxylic acids is 1. The van der Waals surface area contributed by atoms with Gasteiger partial charge in [-0.15, -0.1) is 0 Å². The molecule has 32 heavy (non-hydrogen) atoms. The van der Waals surface area contributed by atoms with Gasteiger partial charge in [0.1, 0.15) is 23.0 Å². The quantitative estimate of drug-likeness (QED) is 0.594.